The van der Waals surface area contributed by atoms with Crippen molar-refractivity contribution >= 4 is 42.5 Å². The number of aromatic nitrogens is 2. The monoisotopic (exact) mass is 689 g/mol. The topological polar surface area (TPSA) is 112 Å². The summed E-state index contributed by atoms with van der Waals surface area (Å²) >= 11 is 1.46. The third kappa shape index (κ3) is 6.27. The Morgan fingerprint density at radius 2 is 1.83 bits per heavy atom. The van der Waals surface area contributed by atoms with Crippen LogP contribution in [0.15, 0.2) is 45.8 Å². The number of anilines is 1. The van der Waals surface area contributed by atoms with Crippen LogP contribution in [0.2, 0.25) is 0 Å². The lowest BCUT2D eigenvalue weighted by atomic mass is 9.98. The minimum absolute atomic E-state index is 0.00492. The molecular weight excluding hydrogens is 656 g/mol. The number of hydrogen-bond acceptors (Lipinski definition) is 10. The summed E-state index contributed by atoms with van der Waals surface area (Å²) in [6.07, 6.45) is 0.355. The number of sulfone groups is 1. The van der Waals surface area contributed by atoms with Gasteiger partial charge in [0.15, 0.2) is 15.0 Å². The van der Waals surface area contributed by atoms with E-state index in [1.165, 1.54) is 30.6 Å². The highest BCUT2D eigenvalue weighted by atomic mass is 32.2. The number of piperidine rings is 1. The van der Waals surface area contributed by atoms with Gasteiger partial charge in [0.25, 0.3) is 0 Å². The average Bonchev–Trinajstić information content (AvgIpc) is 3.55. The molecule has 0 N–H and O–H groups in total. The van der Waals surface area contributed by atoms with Crippen molar-refractivity contribution in [2.45, 2.75) is 93.7 Å². The van der Waals surface area contributed by atoms with Gasteiger partial charge in [-0.3, -0.25) is 4.79 Å². The van der Waals surface area contributed by atoms with Crippen LogP contribution < -0.4 is 4.90 Å². The van der Waals surface area contributed by atoms with Crippen LogP contribution in [-0.4, -0.2) is 55.6 Å². The number of alkyl halides is 3. The van der Waals surface area contributed by atoms with Crippen molar-refractivity contribution in [3.63, 3.8) is 0 Å². The first-order chi connectivity index (χ1) is 22.4. The van der Waals surface area contributed by atoms with Gasteiger partial charge in [-0.25, -0.2) is 13.4 Å². The predicted octanol–water partition coefficient (Wildman–Crippen LogP) is 7.21. The maximum atomic E-state index is 13.9. The first kappa shape index (κ1) is 32.1. The molecule has 2 aromatic carbocycles. The quantitative estimate of drug-likeness (QED) is 0.160. The van der Waals surface area contributed by atoms with Crippen molar-refractivity contribution in [1.29, 1.82) is 0 Å². The van der Waals surface area contributed by atoms with E-state index in [0.29, 0.717) is 11.3 Å². The highest BCUT2D eigenvalue weighted by Gasteiger charge is 2.43. The molecule has 1 saturated carbocycles. The van der Waals surface area contributed by atoms with Crippen molar-refractivity contribution < 1.29 is 40.4 Å². The van der Waals surface area contributed by atoms with Gasteiger partial charge in [0.2, 0.25) is 0 Å². The number of benzene rings is 2. The molecule has 3 atom stereocenters. The molecule has 0 unspecified atom stereocenters. The number of aryl methyl sites for hydroxylation is 1. The summed E-state index contributed by atoms with van der Waals surface area (Å²) in [6, 6.07) is 9.01. The van der Waals surface area contributed by atoms with E-state index >= 15 is 0 Å². The van der Waals surface area contributed by atoms with E-state index in [2.05, 4.69) is 14.8 Å². The molecule has 0 spiro atoms. The fourth-order valence-electron chi connectivity index (χ4n) is 6.93. The third-order valence-corrected chi connectivity index (χ3v) is 12.1. The molecule has 7 rings (SSSR count). The van der Waals surface area contributed by atoms with Gasteiger partial charge in [0, 0.05) is 29.1 Å². The van der Waals surface area contributed by atoms with Crippen LogP contribution in [0.25, 0.3) is 21.5 Å². The summed E-state index contributed by atoms with van der Waals surface area (Å²) in [7, 11) is -2.46. The zero-order valence-corrected chi connectivity index (χ0v) is 27.5. The summed E-state index contributed by atoms with van der Waals surface area (Å²) in [5, 5.41) is 4.95. The second-order valence-corrected chi connectivity index (χ2v) is 15.7. The molecule has 47 heavy (non-hydrogen) atoms. The summed E-state index contributed by atoms with van der Waals surface area (Å²) in [6.45, 7) is 1.95. The molecule has 2 aliphatic heterocycles. The van der Waals surface area contributed by atoms with Crippen LogP contribution in [0.1, 0.15) is 73.3 Å². The van der Waals surface area contributed by atoms with Crippen molar-refractivity contribution in [2.75, 3.05) is 17.8 Å². The predicted molar refractivity (Wildman–Crippen MR) is 169 cm³/mol. The zero-order chi connectivity index (χ0) is 33.1. The molecule has 0 radical (unpaired) electrons. The van der Waals surface area contributed by atoms with Gasteiger partial charge in [0.05, 0.1) is 52.7 Å². The number of halogens is 3. The van der Waals surface area contributed by atoms with Gasteiger partial charge in [0.1, 0.15) is 11.5 Å². The van der Waals surface area contributed by atoms with E-state index in [-0.39, 0.29) is 59.0 Å². The number of rotatable bonds is 10. The van der Waals surface area contributed by atoms with Gasteiger partial charge >= 0.3 is 12.1 Å². The highest BCUT2D eigenvalue weighted by molar-refractivity contribution is 7.91. The third-order valence-electron chi connectivity index (χ3n) is 9.44. The first-order valence-corrected chi connectivity index (χ1v) is 18.2. The molecule has 2 aromatic heterocycles. The Hall–Kier alpha value is -3.49. The first-order valence-electron chi connectivity index (χ1n) is 15.7. The van der Waals surface area contributed by atoms with Gasteiger partial charge < -0.3 is 18.9 Å². The summed E-state index contributed by atoms with van der Waals surface area (Å²) < 4.78 is 85.0. The Labute approximate surface area is 274 Å². The van der Waals surface area contributed by atoms with Gasteiger partial charge in [-0.15, -0.1) is 0 Å². The van der Waals surface area contributed by atoms with Crippen LogP contribution in [0.5, 0.6) is 0 Å². The number of carbonyl (C=O) groups is 1. The van der Waals surface area contributed by atoms with Crippen molar-refractivity contribution in [2.24, 2.45) is 0 Å². The standard InChI is InChI=1S/C33H34F3N3O6S2/c1-18-13-23(47(41,42)12-11-28(40)43-2)16-27-29(18)37-32(46-27)39-20-9-10-21(39)15-22(14-20)44-17-25-30(38-45-31(25)19-7-8-19)24-5-3-4-6-26(24)33(34,35)36/h3-6,13,16,19-22H,7-12,14-15,17H2,1-2H3/t20-,21+,22+. The number of carbonyl (C=O) groups excluding carboxylic acids is 1. The maximum absolute atomic E-state index is 13.9. The Morgan fingerprint density at radius 1 is 1.11 bits per heavy atom. The lowest BCUT2D eigenvalue weighted by molar-refractivity contribution is -0.140. The van der Waals surface area contributed by atoms with Crippen molar-refractivity contribution in [3.8, 4) is 11.3 Å². The molecule has 3 fully saturated rings. The minimum Gasteiger partial charge on any atom is -0.469 e. The number of methoxy groups -OCH3 is 1. The lowest BCUT2D eigenvalue weighted by Crippen LogP contribution is -2.45. The van der Waals surface area contributed by atoms with Crippen LogP contribution in [-0.2, 0) is 36.9 Å². The zero-order valence-electron chi connectivity index (χ0n) is 25.9. The SMILES string of the molecule is COC(=O)CCS(=O)(=O)c1cc(C)c2nc(N3[C@@H]4CC[C@H]3C[C@@H](OCc3c(-c5ccccc5C(F)(F)F)noc3C3CC3)C4)sc2c1. The maximum Gasteiger partial charge on any atom is 0.417 e. The summed E-state index contributed by atoms with van der Waals surface area (Å²) in [5.74, 6) is -0.140. The Kier molecular flexibility index (Phi) is 8.32. The number of hydrogen-bond donors (Lipinski definition) is 0. The van der Waals surface area contributed by atoms with Gasteiger partial charge in [-0.2, -0.15) is 13.2 Å². The van der Waals surface area contributed by atoms with Gasteiger partial charge in [-0.05, 0) is 69.2 Å². The Bertz CT molecular complexity index is 1920. The largest absolute Gasteiger partial charge is 0.469 e. The molecule has 250 valence electrons. The number of ether oxygens (including phenoxy) is 2. The number of thiazole rings is 1. The smallest absolute Gasteiger partial charge is 0.417 e. The summed E-state index contributed by atoms with van der Waals surface area (Å²) in [4.78, 5) is 19.0. The van der Waals surface area contributed by atoms with E-state index in [1.54, 1.807) is 18.2 Å². The van der Waals surface area contributed by atoms with Crippen molar-refractivity contribution in [1.82, 2.24) is 10.1 Å². The van der Waals surface area contributed by atoms with Crippen LogP contribution in [0, 0.1) is 6.92 Å². The van der Waals surface area contributed by atoms with Crippen molar-refractivity contribution in [3.05, 3.63) is 58.8 Å². The number of esters is 1. The highest BCUT2D eigenvalue weighted by Crippen LogP contribution is 2.47. The second-order valence-electron chi connectivity index (χ2n) is 12.6. The van der Waals surface area contributed by atoms with Crippen LogP contribution in [0.3, 0.4) is 0 Å². The van der Waals surface area contributed by atoms with Crippen LogP contribution in [0.4, 0.5) is 18.3 Å². The van der Waals surface area contributed by atoms with Gasteiger partial charge in [-0.1, -0.05) is 34.7 Å². The number of fused-ring (bicyclic) bond motifs is 3. The molecular formula is C33H34F3N3O6S2. The lowest BCUT2D eigenvalue weighted by Gasteiger charge is -2.38. The normalized spacial score (nSPS) is 21.5. The molecule has 14 heteroatoms. The Morgan fingerprint density at radius 3 is 2.51 bits per heavy atom. The molecule has 2 bridgehead atoms. The van der Waals surface area contributed by atoms with E-state index in [9.17, 15) is 26.4 Å². The van der Waals surface area contributed by atoms with E-state index in [4.69, 9.17) is 14.2 Å². The van der Waals surface area contributed by atoms with E-state index in [0.717, 1.165) is 65.5 Å². The second kappa shape index (κ2) is 12.2. The molecule has 9 nitrogen and oxygen atoms in total. The molecule has 1 aliphatic carbocycles. The van der Waals surface area contributed by atoms with E-state index in [1.807, 2.05) is 6.92 Å². The Balaban J connectivity index is 1.08. The minimum atomic E-state index is -4.53. The molecule has 2 saturated heterocycles. The van der Waals surface area contributed by atoms with E-state index < -0.39 is 27.5 Å². The molecule has 4 aromatic rings. The fourth-order valence-corrected chi connectivity index (χ4v) is 9.56. The molecule has 3 aliphatic rings. The summed E-state index contributed by atoms with van der Waals surface area (Å²) in [5.41, 5.74) is 1.53. The fraction of sp³-hybridized carbons (Fsp3) is 0.485. The number of nitrogens with zero attached hydrogens (tertiary/aromatic N) is 3. The molecule has 4 heterocycles. The average molecular weight is 690 g/mol. The molecule has 0 amide bonds. The van der Waals surface area contributed by atoms with Crippen LogP contribution >= 0.6 is 11.3 Å².